The van der Waals surface area contributed by atoms with Crippen molar-refractivity contribution in [2.75, 3.05) is 20.3 Å². The lowest BCUT2D eigenvalue weighted by atomic mass is 10.0. The Balaban J connectivity index is 2.14. The molecule has 0 bridgehead atoms. The number of ether oxygens (including phenoxy) is 1. The molecule has 1 fully saturated rings. The molecule has 2 unspecified atom stereocenters. The number of carboxylic acids is 1. The number of carbonyl (C=O) groups excluding carboxylic acids is 1. The summed E-state index contributed by atoms with van der Waals surface area (Å²) in [7, 11) is 1.59. The van der Waals surface area contributed by atoms with E-state index in [0.717, 1.165) is 5.69 Å². The van der Waals surface area contributed by atoms with Crippen molar-refractivity contribution in [3.05, 3.63) is 29.6 Å². The van der Waals surface area contributed by atoms with Gasteiger partial charge in [0.05, 0.1) is 24.8 Å². The Morgan fingerprint density at radius 1 is 1.42 bits per heavy atom. The Morgan fingerprint density at radius 3 is 2.74 bits per heavy atom. The zero-order chi connectivity index (χ0) is 14.0. The van der Waals surface area contributed by atoms with Gasteiger partial charge in [-0.05, 0) is 19.1 Å². The maximum atomic E-state index is 12.2. The maximum Gasteiger partial charge on any atom is 0.311 e. The fourth-order valence-electron chi connectivity index (χ4n) is 2.11. The van der Waals surface area contributed by atoms with Crippen molar-refractivity contribution in [3.8, 4) is 0 Å². The molecule has 2 heterocycles. The summed E-state index contributed by atoms with van der Waals surface area (Å²) in [6.45, 7) is 2.23. The molecule has 1 N–H and O–H groups in total. The Morgan fingerprint density at radius 2 is 2.16 bits per heavy atom. The molecular formula is C13H16N2O4. The second-order valence-corrected chi connectivity index (χ2v) is 4.65. The van der Waals surface area contributed by atoms with Crippen molar-refractivity contribution in [2.24, 2.45) is 5.92 Å². The van der Waals surface area contributed by atoms with Crippen LogP contribution in [0, 0.1) is 12.8 Å². The molecule has 1 amide bonds. The first-order chi connectivity index (χ1) is 9.00. The minimum absolute atomic E-state index is 0.143. The number of aromatic nitrogens is 1. The third kappa shape index (κ3) is 2.73. The largest absolute Gasteiger partial charge is 0.481 e. The predicted octanol–water partition coefficient (Wildman–Crippen LogP) is 0.562. The molecule has 0 aliphatic carbocycles. The average Bonchev–Trinajstić information content (AvgIpc) is 2.87. The van der Waals surface area contributed by atoms with E-state index in [-0.39, 0.29) is 19.1 Å². The van der Waals surface area contributed by atoms with Gasteiger partial charge in [0.25, 0.3) is 5.91 Å². The van der Waals surface area contributed by atoms with Crippen LogP contribution in [0.5, 0.6) is 0 Å². The Kier molecular flexibility index (Phi) is 3.80. The molecule has 1 aromatic heterocycles. The van der Waals surface area contributed by atoms with Crippen LogP contribution >= 0.6 is 0 Å². The fraction of sp³-hybridized carbons (Fsp3) is 0.462. The monoisotopic (exact) mass is 264 g/mol. The van der Waals surface area contributed by atoms with Crippen molar-refractivity contribution in [2.45, 2.75) is 13.0 Å². The minimum Gasteiger partial charge on any atom is -0.481 e. The van der Waals surface area contributed by atoms with Gasteiger partial charge in [0.1, 0.15) is 5.92 Å². The van der Waals surface area contributed by atoms with Crippen LogP contribution < -0.4 is 0 Å². The molecule has 1 aromatic rings. The van der Waals surface area contributed by atoms with Gasteiger partial charge in [-0.3, -0.25) is 14.6 Å². The van der Waals surface area contributed by atoms with Gasteiger partial charge >= 0.3 is 5.97 Å². The second-order valence-electron chi connectivity index (χ2n) is 4.65. The molecule has 0 spiro atoms. The van der Waals surface area contributed by atoms with Crippen molar-refractivity contribution in [3.63, 3.8) is 0 Å². The maximum absolute atomic E-state index is 12.2. The van der Waals surface area contributed by atoms with E-state index in [1.807, 2.05) is 6.92 Å². The third-order valence-corrected chi connectivity index (χ3v) is 3.34. The smallest absolute Gasteiger partial charge is 0.311 e. The lowest BCUT2D eigenvalue weighted by Gasteiger charge is -2.26. The number of rotatable bonds is 3. The fourth-order valence-corrected chi connectivity index (χ4v) is 2.11. The zero-order valence-corrected chi connectivity index (χ0v) is 10.9. The van der Waals surface area contributed by atoms with Gasteiger partial charge in [0, 0.05) is 18.9 Å². The summed E-state index contributed by atoms with van der Waals surface area (Å²) < 4.78 is 5.17. The van der Waals surface area contributed by atoms with Crippen LogP contribution in [-0.4, -0.2) is 53.2 Å². The van der Waals surface area contributed by atoms with Crippen LogP contribution in [-0.2, 0) is 9.53 Å². The van der Waals surface area contributed by atoms with E-state index in [1.165, 1.54) is 11.1 Å². The van der Waals surface area contributed by atoms with Crippen molar-refractivity contribution < 1.29 is 19.4 Å². The van der Waals surface area contributed by atoms with Gasteiger partial charge in [-0.1, -0.05) is 0 Å². The third-order valence-electron chi connectivity index (χ3n) is 3.34. The summed E-state index contributed by atoms with van der Waals surface area (Å²) in [5.41, 5.74) is 1.27. The molecule has 1 saturated heterocycles. The van der Waals surface area contributed by atoms with Gasteiger partial charge in [-0.2, -0.15) is 0 Å². The number of pyridine rings is 1. The average molecular weight is 264 g/mol. The molecule has 0 radical (unpaired) electrons. The SMILES string of the molecule is Cc1ccc(C(=O)N(C)C2COCC2C(=O)O)cn1. The van der Waals surface area contributed by atoms with E-state index in [0.29, 0.717) is 5.56 Å². The van der Waals surface area contributed by atoms with E-state index in [4.69, 9.17) is 9.84 Å². The van der Waals surface area contributed by atoms with Crippen LogP contribution in [0.25, 0.3) is 0 Å². The number of carboxylic acid groups (broad SMARTS) is 1. The topological polar surface area (TPSA) is 79.7 Å². The van der Waals surface area contributed by atoms with Crippen LogP contribution in [0.2, 0.25) is 0 Å². The molecule has 1 aliphatic rings. The Bertz CT molecular complexity index is 486. The number of hydrogen-bond acceptors (Lipinski definition) is 4. The molecule has 6 heteroatoms. The number of aliphatic carboxylic acids is 1. The highest BCUT2D eigenvalue weighted by Crippen LogP contribution is 2.20. The molecule has 102 valence electrons. The summed E-state index contributed by atoms with van der Waals surface area (Å²) in [6, 6.07) is 3.00. The van der Waals surface area contributed by atoms with Gasteiger partial charge in [0.15, 0.2) is 0 Å². The van der Waals surface area contributed by atoms with E-state index in [2.05, 4.69) is 4.98 Å². The summed E-state index contributed by atoms with van der Waals surface area (Å²) >= 11 is 0. The van der Waals surface area contributed by atoms with Crippen LogP contribution in [0.15, 0.2) is 18.3 Å². The Hall–Kier alpha value is -1.95. The lowest BCUT2D eigenvalue weighted by Crippen LogP contribution is -2.44. The Labute approximate surface area is 111 Å². The number of nitrogens with zero attached hydrogens (tertiary/aromatic N) is 2. The first kappa shape index (κ1) is 13.5. The van der Waals surface area contributed by atoms with Crippen LogP contribution in [0.4, 0.5) is 0 Å². The number of likely N-dealkylation sites (N-methyl/N-ethyl adjacent to an activating group) is 1. The lowest BCUT2D eigenvalue weighted by molar-refractivity contribution is -0.142. The van der Waals surface area contributed by atoms with E-state index < -0.39 is 17.9 Å². The molecule has 2 rings (SSSR count). The van der Waals surface area contributed by atoms with Crippen molar-refractivity contribution in [1.29, 1.82) is 0 Å². The second kappa shape index (κ2) is 5.36. The molecule has 6 nitrogen and oxygen atoms in total. The molecule has 0 saturated carbocycles. The van der Waals surface area contributed by atoms with Gasteiger partial charge in [0.2, 0.25) is 0 Å². The summed E-state index contributed by atoms with van der Waals surface area (Å²) in [4.78, 5) is 28.8. The predicted molar refractivity (Wildman–Crippen MR) is 66.8 cm³/mol. The summed E-state index contributed by atoms with van der Waals surface area (Å²) in [6.07, 6.45) is 1.50. The number of aryl methyl sites for hydroxylation is 1. The normalized spacial score (nSPS) is 22.2. The number of hydrogen-bond donors (Lipinski definition) is 1. The first-order valence-electron chi connectivity index (χ1n) is 6.01. The minimum atomic E-state index is -0.941. The molecule has 2 atom stereocenters. The van der Waals surface area contributed by atoms with E-state index in [1.54, 1.807) is 19.2 Å². The van der Waals surface area contributed by atoms with Gasteiger partial charge in [-0.25, -0.2) is 0 Å². The summed E-state index contributed by atoms with van der Waals surface area (Å²) in [5, 5.41) is 9.09. The van der Waals surface area contributed by atoms with E-state index in [9.17, 15) is 9.59 Å². The first-order valence-corrected chi connectivity index (χ1v) is 6.01. The zero-order valence-electron chi connectivity index (χ0n) is 10.9. The standard InChI is InChI=1S/C13H16N2O4/c1-8-3-4-9(5-14-8)12(16)15(2)11-7-19-6-10(11)13(17)18/h3-5,10-11H,6-7H2,1-2H3,(H,17,18). The van der Waals surface area contributed by atoms with Crippen molar-refractivity contribution >= 4 is 11.9 Å². The van der Waals surface area contributed by atoms with Crippen LogP contribution in [0.3, 0.4) is 0 Å². The highest BCUT2D eigenvalue weighted by molar-refractivity contribution is 5.94. The van der Waals surface area contributed by atoms with Crippen molar-refractivity contribution in [1.82, 2.24) is 9.88 Å². The molecular weight excluding hydrogens is 248 g/mol. The van der Waals surface area contributed by atoms with Gasteiger partial charge in [-0.15, -0.1) is 0 Å². The highest BCUT2D eigenvalue weighted by Gasteiger charge is 2.38. The van der Waals surface area contributed by atoms with E-state index >= 15 is 0 Å². The van der Waals surface area contributed by atoms with Gasteiger partial charge < -0.3 is 14.7 Å². The number of amides is 1. The molecule has 0 aromatic carbocycles. The number of carbonyl (C=O) groups is 2. The highest BCUT2D eigenvalue weighted by atomic mass is 16.5. The summed E-state index contributed by atoms with van der Waals surface area (Å²) in [5.74, 6) is -1.86. The van der Waals surface area contributed by atoms with Crippen LogP contribution in [0.1, 0.15) is 16.1 Å². The molecule has 1 aliphatic heterocycles. The molecule has 19 heavy (non-hydrogen) atoms. The quantitative estimate of drug-likeness (QED) is 0.863.